The Morgan fingerprint density at radius 1 is 1.09 bits per heavy atom. The predicted octanol–water partition coefficient (Wildman–Crippen LogP) is 5.58. The first kappa shape index (κ1) is 21.6. The van der Waals surface area contributed by atoms with E-state index >= 15 is 0 Å². The van der Waals surface area contributed by atoms with Gasteiger partial charge in [0.1, 0.15) is 16.4 Å². The van der Waals surface area contributed by atoms with Crippen LogP contribution in [-0.4, -0.2) is 23.0 Å². The number of carbonyl (C=O) groups is 1. The van der Waals surface area contributed by atoms with Crippen molar-refractivity contribution in [2.24, 2.45) is 0 Å². The average molecular weight is 458 g/mol. The first-order valence-electron chi connectivity index (χ1n) is 9.43. The molecule has 0 spiro atoms. The number of hydrogen-bond acceptors (Lipinski definition) is 6. The summed E-state index contributed by atoms with van der Waals surface area (Å²) in [6.07, 6.45) is -1.82. The van der Waals surface area contributed by atoms with Crippen LogP contribution in [0.25, 0.3) is 10.9 Å². The van der Waals surface area contributed by atoms with Gasteiger partial charge < -0.3 is 15.4 Å². The molecule has 0 atom stereocenters. The summed E-state index contributed by atoms with van der Waals surface area (Å²) in [5.74, 6) is -0.00741. The Labute approximate surface area is 185 Å². The molecular formula is C22H17F3N4O2S. The van der Waals surface area contributed by atoms with Gasteiger partial charge in [-0.15, -0.1) is 11.3 Å². The van der Waals surface area contributed by atoms with Crippen molar-refractivity contribution in [2.45, 2.75) is 12.7 Å². The van der Waals surface area contributed by atoms with Crippen LogP contribution in [-0.2, 0) is 12.7 Å². The van der Waals surface area contributed by atoms with Gasteiger partial charge in [-0.05, 0) is 47.3 Å². The summed E-state index contributed by atoms with van der Waals surface area (Å²) in [5.41, 5.74) is 1.43. The van der Waals surface area contributed by atoms with Crippen molar-refractivity contribution in [3.05, 3.63) is 76.2 Å². The average Bonchev–Trinajstić information content (AvgIpc) is 3.25. The topological polar surface area (TPSA) is 76.1 Å². The van der Waals surface area contributed by atoms with Crippen molar-refractivity contribution in [1.29, 1.82) is 0 Å². The third-order valence-corrected chi connectivity index (χ3v) is 5.62. The number of nitrogens with zero attached hydrogens (tertiary/aromatic N) is 2. The molecule has 0 saturated heterocycles. The first-order chi connectivity index (χ1) is 15.3. The molecule has 32 heavy (non-hydrogen) atoms. The highest BCUT2D eigenvalue weighted by Gasteiger charge is 2.31. The van der Waals surface area contributed by atoms with Gasteiger partial charge in [-0.1, -0.05) is 0 Å². The first-order valence-corrected chi connectivity index (χ1v) is 10.3. The number of benzene rings is 1. The molecular weight excluding hydrogens is 441 g/mol. The molecule has 0 aliphatic heterocycles. The van der Waals surface area contributed by atoms with Gasteiger partial charge in [-0.2, -0.15) is 13.2 Å². The van der Waals surface area contributed by atoms with Crippen LogP contribution < -0.4 is 15.4 Å². The lowest BCUT2D eigenvalue weighted by Gasteiger charge is -2.11. The maximum atomic E-state index is 12.9. The highest BCUT2D eigenvalue weighted by molar-refractivity contribution is 7.12. The summed E-state index contributed by atoms with van der Waals surface area (Å²) >= 11 is 1.18. The van der Waals surface area contributed by atoms with E-state index in [1.54, 1.807) is 24.8 Å². The lowest BCUT2D eigenvalue weighted by atomic mass is 10.1. The Hall–Kier alpha value is -3.66. The standard InChI is InChI=1S/C22H17F3N4O2S/c1-31-15-2-3-16-13(4-7-26-18(16)11-15)12-28-17-6-9-32-20(17)21(30)29-19-10-14(5-8-27-19)22(23,24)25/h2-11,28H,12H2,1H3,(H,27,29,30). The largest absolute Gasteiger partial charge is 0.497 e. The number of thiophene rings is 1. The Morgan fingerprint density at radius 3 is 2.69 bits per heavy atom. The Morgan fingerprint density at radius 2 is 1.91 bits per heavy atom. The molecule has 0 unspecified atom stereocenters. The van der Waals surface area contributed by atoms with Crippen molar-refractivity contribution in [3.8, 4) is 5.75 Å². The van der Waals surface area contributed by atoms with E-state index in [4.69, 9.17) is 4.74 Å². The fourth-order valence-corrected chi connectivity index (χ4v) is 3.90. The molecule has 164 valence electrons. The Kier molecular flexibility index (Phi) is 5.95. The molecule has 1 aromatic carbocycles. The SMILES string of the molecule is COc1ccc2c(CNc3ccsc3C(=O)Nc3cc(C(F)(F)F)ccn3)ccnc2c1. The molecule has 4 rings (SSSR count). The predicted molar refractivity (Wildman–Crippen MR) is 117 cm³/mol. The number of halogens is 3. The third-order valence-electron chi connectivity index (χ3n) is 4.71. The van der Waals surface area contributed by atoms with Gasteiger partial charge in [-0.25, -0.2) is 4.98 Å². The molecule has 10 heteroatoms. The molecule has 4 aromatic rings. The number of amides is 1. The summed E-state index contributed by atoms with van der Waals surface area (Å²) in [5, 5.41) is 8.33. The van der Waals surface area contributed by atoms with E-state index in [1.807, 2.05) is 24.3 Å². The highest BCUT2D eigenvalue weighted by Crippen LogP contribution is 2.31. The number of anilines is 2. The second kappa shape index (κ2) is 8.83. The molecule has 0 bridgehead atoms. The number of carbonyl (C=O) groups excluding carboxylic acids is 1. The molecule has 0 aliphatic rings. The minimum atomic E-state index is -4.52. The van der Waals surface area contributed by atoms with Gasteiger partial charge in [-0.3, -0.25) is 9.78 Å². The number of fused-ring (bicyclic) bond motifs is 1. The van der Waals surface area contributed by atoms with Crippen LogP contribution >= 0.6 is 11.3 Å². The number of hydrogen-bond donors (Lipinski definition) is 2. The number of alkyl halides is 3. The molecule has 3 heterocycles. The van der Waals surface area contributed by atoms with E-state index < -0.39 is 17.6 Å². The van der Waals surface area contributed by atoms with Gasteiger partial charge in [0.25, 0.3) is 5.91 Å². The van der Waals surface area contributed by atoms with Crippen LogP contribution in [0.2, 0.25) is 0 Å². The molecule has 0 saturated carbocycles. The van der Waals surface area contributed by atoms with Gasteiger partial charge in [0.05, 0.1) is 23.9 Å². The van der Waals surface area contributed by atoms with Gasteiger partial charge >= 0.3 is 6.18 Å². The minimum Gasteiger partial charge on any atom is -0.497 e. The van der Waals surface area contributed by atoms with Crippen LogP contribution in [0.5, 0.6) is 5.75 Å². The summed E-state index contributed by atoms with van der Waals surface area (Å²) in [6.45, 7) is 0.421. The van der Waals surface area contributed by atoms with E-state index in [2.05, 4.69) is 20.6 Å². The molecule has 2 N–H and O–H groups in total. The van der Waals surface area contributed by atoms with E-state index in [0.29, 0.717) is 22.9 Å². The number of pyridine rings is 2. The lowest BCUT2D eigenvalue weighted by molar-refractivity contribution is -0.137. The molecule has 0 radical (unpaired) electrons. The van der Waals surface area contributed by atoms with Crippen molar-refractivity contribution in [3.63, 3.8) is 0 Å². The van der Waals surface area contributed by atoms with Crippen molar-refractivity contribution < 1.29 is 22.7 Å². The monoisotopic (exact) mass is 458 g/mol. The van der Waals surface area contributed by atoms with E-state index in [-0.39, 0.29) is 5.82 Å². The maximum Gasteiger partial charge on any atom is 0.416 e. The quantitative estimate of drug-likeness (QED) is 0.394. The lowest BCUT2D eigenvalue weighted by Crippen LogP contribution is -2.15. The molecule has 0 fully saturated rings. The zero-order valence-electron chi connectivity index (χ0n) is 16.7. The minimum absolute atomic E-state index is 0.168. The second-order valence-electron chi connectivity index (χ2n) is 6.75. The van der Waals surface area contributed by atoms with E-state index in [1.165, 1.54) is 11.3 Å². The fraction of sp³-hybridized carbons (Fsp3) is 0.136. The molecule has 6 nitrogen and oxygen atoms in total. The van der Waals surface area contributed by atoms with Gasteiger partial charge in [0, 0.05) is 30.4 Å². The number of rotatable bonds is 6. The molecule has 3 aromatic heterocycles. The fourth-order valence-electron chi connectivity index (χ4n) is 3.13. The maximum absolute atomic E-state index is 12.9. The van der Waals surface area contributed by atoms with Crippen molar-refractivity contribution in [2.75, 3.05) is 17.7 Å². The number of ether oxygens (including phenoxy) is 1. The zero-order chi connectivity index (χ0) is 22.7. The number of nitrogens with one attached hydrogen (secondary N) is 2. The second-order valence-corrected chi connectivity index (χ2v) is 7.67. The molecule has 1 amide bonds. The van der Waals surface area contributed by atoms with E-state index in [0.717, 1.165) is 34.8 Å². The van der Waals surface area contributed by atoms with Crippen LogP contribution in [0.15, 0.2) is 60.2 Å². The summed E-state index contributed by atoms with van der Waals surface area (Å²) in [4.78, 5) is 21.2. The molecule has 0 aliphatic carbocycles. The van der Waals surface area contributed by atoms with E-state index in [9.17, 15) is 18.0 Å². The smallest absolute Gasteiger partial charge is 0.416 e. The third kappa shape index (κ3) is 4.65. The van der Waals surface area contributed by atoms with Crippen LogP contribution in [0, 0.1) is 0 Å². The van der Waals surface area contributed by atoms with Crippen molar-refractivity contribution in [1.82, 2.24) is 9.97 Å². The zero-order valence-corrected chi connectivity index (χ0v) is 17.6. The Balaban J connectivity index is 1.50. The normalized spacial score (nSPS) is 11.4. The van der Waals surface area contributed by atoms with Gasteiger partial charge in [0.15, 0.2) is 0 Å². The summed E-state index contributed by atoms with van der Waals surface area (Å²) in [7, 11) is 1.59. The Bertz CT molecular complexity index is 1270. The summed E-state index contributed by atoms with van der Waals surface area (Å²) in [6, 6.07) is 10.9. The van der Waals surface area contributed by atoms with Crippen LogP contribution in [0.4, 0.5) is 24.7 Å². The van der Waals surface area contributed by atoms with Gasteiger partial charge in [0.2, 0.25) is 0 Å². The number of methoxy groups -OCH3 is 1. The van der Waals surface area contributed by atoms with Crippen LogP contribution in [0.1, 0.15) is 20.8 Å². The highest BCUT2D eigenvalue weighted by atomic mass is 32.1. The summed E-state index contributed by atoms with van der Waals surface area (Å²) < 4.78 is 43.9. The number of aromatic nitrogens is 2. The van der Waals surface area contributed by atoms with Crippen molar-refractivity contribution >= 4 is 39.7 Å². The van der Waals surface area contributed by atoms with Crippen LogP contribution in [0.3, 0.4) is 0 Å².